The fraction of sp³-hybridized carbons (Fsp3) is 0.300. The van der Waals surface area contributed by atoms with Crippen LogP contribution in [0.1, 0.15) is 36.5 Å². The number of carbonyl (C=O) groups excluding carboxylic acids is 2. The number of rotatable bonds is 6. The number of carbonyl (C=O) groups is 2. The molecular formula is C30H33N5O2. The molecule has 3 N–H and O–H groups in total. The summed E-state index contributed by atoms with van der Waals surface area (Å²) in [6, 6.07) is 27.1. The molecule has 37 heavy (non-hydrogen) atoms. The van der Waals surface area contributed by atoms with Gasteiger partial charge in [-0.1, -0.05) is 79.7 Å². The third-order valence-electron chi connectivity index (χ3n) is 7.51. The average Bonchev–Trinajstić information content (AvgIpc) is 3.20. The molecule has 3 amide bonds. The minimum absolute atomic E-state index is 0.0958. The summed E-state index contributed by atoms with van der Waals surface area (Å²) >= 11 is 0. The monoisotopic (exact) mass is 495 g/mol. The Kier molecular flexibility index (Phi) is 6.95. The van der Waals surface area contributed by atoms with Gasteiger partial charge in [-0.05, 0) is 54.0 Å². The van der Waals surface area contributed by atoms with Crippen molar-refractivity contribution in [2.45, 2.75) is 31.7 Å². The lowest BCUT2D eigenvalue weighted by Gasteiger charge is -2.34. The molecule has 190 valence electrons. The zero-order chi connectivity index (χ0) is 25.8. The van der Waals surface area contributed by atoms with Gasteiger partial charge in [-0.2, -0.15) is 0 Å². The summed E-state index contributed by atoms with van der Waals surface area (Å²) in [5, 5.41) is 14.9. The van der Waals surface area contributed by atoms with E-state index in [1.54, 1.807) is 4.90 Å². The Morgan fingerprint density at radius 3 is 2.05 bits per heavy atom. The Morgan fingerprint density at radius 2 is 1.51 bits per heavy atom. The molecule has 3 aromatic carbocycles. The smallest absolute Gasteiger partial charge is 0.321 e. The molecule has 2 fully saturated rings. The minimum Gasteiger partial charge on any atom is -0.334 e. The number of guanidine groups is 1. The van der Waals surface area contributed by atoms with E-state index in [0.717, 1.165) is 36.1 Å². The number of amides is 3. The van der Waals surface area contributed by atoms with Crippen LogP contribution in [0.25, 0.3) is 0 Å². The van der Waals surface area contributed by atoms with Crippen molar-refractivity contribution < 1.29 is 9.59 Å². The summed E-state index contributed by atoms with van der Waals surface area (Å²) in [5.74, 6) is 0.195. The van der Waals surface area contributed by atoms with E-state index in [0.29, 0.717) is 19.6 Å². The Morgan fingerprint density at radius 1 is 0.946 bits per heavy atom. The molecule has 0 radical (unpaired) electrons. The third-order valence-corrected chi connectivity index (χ3v) is 7.51. The molecule has 0 atom stereocenters. The van der Waals surface area contributed by atoms with Crippen molar-refractivity contribution in [1.82, 2.24) is 15.1 Å². The number of benzene rings is 3. The molecular weight excluding hydrogens is 462 g/mol. The van der Waals surface area contributed by atoms with E-state index >= 15 is 0 Å². The molecule has 0 unspecified atom stereocenters. The first-order valence-corrected chi connectivity index (χ1v) is 13.0. The van der Waals surface area contributed by atoms with Crippen molar-refractivity contribution in [3.63, 3.8) is 0 Å². The first-order chi connectivity index (χ1) is 18.0. The van der Waals surface area contributed by atoms with Crippen LogP contribution in [0.5, 0.6) is 0 Å². The van der Waals surface area contributed by atoms with Crippen molar-refractivity contribution in [2.75, 3.05) is 25.0 Å². The maximum Gasteiger partial charge on any atom is 0.321 e. The molecule has 2 saturated heterocycles. The molecule has 0 aromatic heterocycles. The summed E-state index contributed by atoms with van der Waals surface area (Å²) in [4.78, 5) is 30.2. The van der Waals surface area contributed by atoms with Crippen LogP contribution in [-0.2, 0) is 16.8 Å². The lowest BCUT2D eigenvalue weighted by atomic mass is 9.82. The van der Waals surface area contributed by atoms with Crippen LogP contribution < -0.4 is 10.6 Å². The maximum absolute atomic E-state index is 14.0. The third kappa shape index (κ3) is 4.81. The quantitative estimate of drug-likeness (QED) is 0.459. The predicted octanol–water partition coefficient (Wildman–Crippen LogP) is 4.80. The lowest BCUT2D eigenvalue weighted by Crippen LogP contribution is -2.46. The number of aryl methyl sites for hydroxylation is 1. The molecule has 0 aliphatic carbocycles. The normalized spacial score (nSPS) is 17.5. The first-order valence-electron chi connectivity index (χ1n) is 13.0. The average molecular weight is 496 g/mol. The zero-order valence-electron chi connectivity index (χ0n) is 21.1. The molecule has 7 nitrogen and oxygen atoms in total. The van der Waals surface area contributed by atoms with Gasteiger partial charge in [0.15, 0.2) is 11.5 Å². The molecule has 2 aliphatic rings. The number of hydrogen-bond donors (Lipinski definition) is 3. The lowest BCUT2D eigenvalue weighted by molar-refractivity contribution is -0.130. The first kappa shape index (κ1) is 24.6. The van der Waals surface area contributed by atoms with Crippen LogP contribution in [0, 0.1) is 11.3 Å². The zero-order valence-corrected chi connectivity index (χ0v) is 21.1. The number of hydrogen-bond acceptors (Lipinski definition) is 3. The highest BCUT2D eigenvalue weighted by Gasteiger charge is 2.52. The summed E-state index contributed by atoms with van der Waals surface area (Å²) in [6.07, 6.45) is 2.53. The second-order valence-corrected chi connectivity index (χ2v) is 9.78. The number of nitrogens with one attached hydrogen (secondary N) is 3. The second kappa shape index (κ2) is 10.5. The van der Waals surface area contributed by atoms with Crippen LogP contribution in [-0.4, -0.2) is 47.3 Å². The minimum atomic E-state index is -1.12. The van der Waals surface area contributed by atoms with E-state index in [1.807, 2.05) is 89.8 Å². The van der Waals surface area contributed by atoms with Crippen molar-refractivity contribution >= 4 is 23.6 Å². The maximum atomic E-state index is 14.0. The van der Waals surface area contributed by atoms with E-state index < -0.39 is 5.54 Å². The van der Waals surface area contributed by atoms with Crippen LogP contribution >= 0.6 is 0 Å². The number of urea groups is 1. The van der Waals surface area contributed by atoms with Gasteiger partial charge in [-0.15, -0.1) is 0 Å². The molecule has 3 aromatic rings. The molecule has 0 bridgehead atoms. The summed E-state index contributed by atoms with van der Waals surface area (Å²) in [7, 11) is 0. The van der Waals surface area contributed by atoms with Crippen LogP contribution in [0.2, 0.25) is 0 Å². The molecule has 2 aliphatic heterocycles. The highest BCUT2D eigenvalue weighted by molar-refractivity contribution is 6.10. The van der Waals surface area contributed by atoms with Gasteiger partial charge < -0.3 is 15.5 Å². The fourth-order valence-electron chi connectivity index (χ4n) is 5.31. The highest BCUT2D eigenvalue weighted by Crippen LogP contribution is 2.36. The number of nitrogens with zero attached hydrogens (tertiary/aromatic N) is 2. The topological polar surface area (TPSA) is 88.5 Å². The molecule has 0 saturated carbocycles. The van der Waals surface area contributed by atoms with Gasteiger partial charge >= 0.3 is 6.03 Å². The summed E-state index contributed by atoms with van der Waals surface area (Å²) < 4.78 is 0. The van der Waals surface area contributed by atoms with Gasteiger partial charge in [0.1, 0.15) is 0 Å². The van der Waals surface area contributed by atoms with Gasteiger partial charge in [-0.25, -0.2) is 4.79 Å². The van der Waals surface area contributed by atoms with E-state index in [-0.39, 0.29) is 23.8 Å². The van der Waals surface area contributed by atoms with Crippen LogP contribution in [0.4, 0.5) is 10.5 Å². The van der Waals surface area contributed by atoms with Crippen molar-refractivity contribution in [3.05, 3.63) is 102 Å². The van der Waals surface area contributed by atoms with Gasteiger partial charge in [0.05, 0.1) is 0 Å². The van der Waals surface area contributed by atoms with E-state index in [4.69, 9.17) is 5.41 Å². The summed E-state index contributed by atoms with van der Waals surface area (Å²) in [5.41, 5.74) is 2.55. The fourth-order valence-corrected chi connectivity index (χ4v) is 5.31. The molecule has 2 heterocycles. The Balaban J connectivity index is 1.25. The van der Waals surface area contributed by atoms with Crippen LogP contribution in [0.15, 0.2) is 84.9 Å². The number of likely N-dealkylation sites (tertiary alicyclic amines) is 1. The van der Waals surface area contributed by atoms with Crippen LogP contribution in [0.3, 0.4) is 0 Å². The van der Waals surface area contributed by atoms with E-state index in [1.165, 1.54) is 5.56 Å². The highest BCUT2D eigenvalue weighted by atomic mass is 16.2. The number of anilines is 1. The van der Waals surface area contributed by atoms with E-state index in [9.17, 15) is 9.59 Å². The van der Waals surface area contributed by atoms with Gasteiger partial charge in [0.2, 0.25) is 0 Å². The molecule has 0 spiro atoms. The second-order valence-electron chi connectivity index (χ2n) is 9.78. The molecule has 5 rings (SSSR count). The van der Waals surface area contributed by atoms with Gasteiger partial charge in [0.25, 0.3) is 5.91 Å². The number of piperidine rings is 1. The molecule has 7 heteroatoms. The van der Waals surface area contributed by atoms with Gasteiger partial charge in [0, 0.05) is 25.3 Å². The SMILES string of the molecule is CCc1ccc(NC(=O)N2CCC(CN3C(=N)NC(c4ccccc4)(c4ccccc4)C3=O)CC2)cc1. The largest absolute Gasteiger partial charge is 0.334 e. The Labute approximate surface area is 218 Å². The summed E-state index contributed by atoms with van der Waals surface area (Å²) in [6.45, 7) is 3.80. The standard InChI is InChI=1S/C30H33N5O2/c1-2-22-13-15-26(16-14-22)32-29(37)34-19-17-23(18-20-34)21-35-27(36)30(33-28(35)31,24-9-5-3-6-10-24)25-11-7-4-8-12-25/h3-16,23H,2,17-21H2,1H3,(H2,31,33)(H,32,37). The predicted molar refractivity (Wildman–Crippen MR) is 145 cm³/mol. The van der Waals surface area contributed by atoms with E-state index in [2.05, 4.69) is 17.6 Å². The van der Waals surface area contributed by atoms with Gasteiger partial charge in [-0.3, -0.25) is 15.1 Å². The van der Waals surface area contributed by atoms with Crippen molar-refractivity contribution in [2.24, 2.45) is 5.92 Å². The van der Waals surface area contributed by atoms with Crippen molar-refractivity contribution in [3.8, 4) is 0 Å². The Hall–Kier alpha value is -4.13. The van der Waals surface area contributed by atoms with Crippen molar-refractivity contribution in [1.29, 1.82) is 5.41 Å². The Bertz CT molecular complexity index is 1210.